The number of nitrogens with two attached hydrogens (primary N) is 1. The molecular formula is C12H12ClNS. The minimum absolute atomic E-state index is 0.0590. The van der Waals surface area contributed by atoms with Crippen LogP contribution in [0.2, 0.25) is 5.02 Å². The first-order valence-electron chi connectivity index (χ1n) is 4.77. The first-order valence-corrected chi connectivity index (χ1v) is 6.03. The normalized spacial score (nSPS) is 12.7. The van der Waals surface area contributed by atoms with Crippen LogP contribution < -0.4 is 5.73 Å². The van der Waals surface area contributed by atoms with Crippen molar-refractivity contribution >= 4 is 22.9 Å². The molecule has 2 aromatic rings. The zero-order valence-corrected chi connectivity index (χ0v) is 9.98. The van der Waals surface area contributed by atoms with Crippen molar-refractivity contribution in [3.05, 3.63) is 46.3 Å². The lowest BCUT2D eigenvalue weighted by atomic mass is 10.1. The fourth-order valence-electron chi connectivity index (χ4n) is 1.46. The third-order valence-corrected chi connectivity index (χ3v) is 3.68. The lowest BCUT2D eigenvalue weighted by Gasteiger charge is -2.07. The standard InChI is InChI=1S/C12H12ClNS/c1-8(14)9-3-2-4-10(7-9)12-11(13)5-6-15-12/h2-8H,14H2,1H3. The van der Waals surface area contributed by atoms with Crippen molar-refractivity contribution in [3.63, 3.8) is 0 Å². The van der Waals surface area contributed by atoms with Gasteiger partial charge < -0.3 is 5.73 Å². The summed E-state index contributed by atoms with van der Waals surface area (Å²) in [7, 11) is 0. The minimum atomic E-state index is 0.0590. The first-order chi connectivity index (χ1) is 7.18. The summed E-state index contributed by atoms with van der Waals surface area (Å²) < 4.78 is 0. The highest BCUT2D eigenvalue weighted by atomic mass is 35.5. The zero-order chi connectivity index (χ0) is 10.8. The Morgan fingerprint density at radius 3 is 2.73 bits per heavy atom. The molecule has 2 N–H and O–H groups in total. The molecule has 0 aliphatic rings. The van der Waals surface area contributed by atoms with E-state index >= 15 is 0 Å². The molecule has 1 nitrogen and oxygen atoms in total. The van der Waals surface area contributed by atoms with Crippen LogP contribution >= 0.6 is 22.9 Å². The Balaban J connectivity index is 2.46. The largest absolute Gasteiger partial charge is 0.324 e. The van der Waals surface area contributed by atoms with Crippen molar-refractivity contribution in [2.45, 2.75) is 13.0 Å². The molecule has 0 spiro atoms. The van der Waals surface area contributed by atoms with Gasteiger partial charge in [-0.2, -0.15) is 0 Å². The van der Waals surface area contributed by atoms with Crippen molar-refractivity contribution in [1.29, 1.82) is 0 Å². The van der Waals surface area contributed by atoms with Crippen LogP contribution in [0.1, 0.15) is 18.5 Å². The van der Waals surface area contributed by atoms with Crippen molar-refractivity contribution in [2.24, 2.45) is 5.73 Å². The molecule has 0 saturated carbocycles. The van der Waals surface area contributed by atoms with E-state index in [9.17, 15) is 0 Å². The third-order valence-electron chi connectivity index (χ3n) is 2.29. The van der Waals surface area contributed by atoms with Crippen molar-refractivity contribution in [3.8, 4) is 10.4 Å². The second kappa shape index (κ2) is 4.35. The quantitative estimate of drug-likeness (QED) is 0.837. The first kappa shape index (κ1) is 10.7. The summed E-state index contributed by atoms with van der Waals surface area (Å²) in [6.07, 6.45) is 0. The molecular weight excluding hydrogens is 226 g/mol. The Kier molecular flexibility index (Phi) is 3.10. The molecule has 15 heavy (non-hydrogen) atoms. The predicted molar refractivity (Wildman–Crippen MR) is 67.4 cm³/mol. The van der Waals surface area contributed by atoms with E-state index in [0.29, 0.717) is 0 Å². The molecule has 1 aromatic carbocycles. The Morgan fingerprint density at radius 1 is 1.33 bits per heavy atom. The molecule has 0 radical (unpaired) electrons. The van der Waals surface area contributed by atoms with E-state index in [4.69, 9.17) is 17.3 Å². The Hall–Kier alpha value is -0.830. The average molecular weight is 238 g/mol. The average Bonchev–Trinajstić information content (AvgIpc) is 2.64. The van der Waals surface area contributed by atoms with Crippen LogP contribution in [0.4, 0.5) is 0 Å². The van der Waals surface area contributed by atoms with Gasteiger partial charge in [0.15, 0.2) is 0 Å². The second-order valence-electron chi connectivity index (χ2n) is 3.51. The summed E-state index contributed by atoms with van der Waals surface area (Å²) in [4.78, 5) is 1.11. The van der Waals surface area contributed by atoms with Crippen LogP contribution in [-0.2, 0) is 0 Å². The van der Waals surface area contributed by atoms with Crippen LogP contribution in [0.15, 0.2) is 35.7 Å². The van der Waals surface area contributed by atoms with E-state index in [0.717, 1.165) is 21.0 Å². The molecule has 1 atom stereocenters. The van der Waals surface area contributed by atoms with Crippen LogP contribution in [0.25, 0.3) is 10.4 Å². The maximum Gasteiger partial charge on any atom is 0.0592 e. The fraction of sp³-hybridized carbons (Fsp3) is 0.167. The van der Waals surface area contributed by atoms with E-state index in [2.05, 4.69) is 12.1 Å². The van der Waals surface area contributed by atoms with Gasteiger partial charge in [-0.05, 0) is 35.6 Å². The Labute approximate surface area is 98.5 Å². The highest BCUT2D eigenvalue weighted by molar-refractivity contribution is 7.14. The van der Waals surface area contributed by atoms with Crippen molar-refractivity contribution < 1.29 is 0 Å². The smallest absolute Gasteiger partial charge is 0.0592 e. The molecule has 0 aliphatic carbocycles. The number of halogens is 1. The van der Waals surface area contributed by atoms with Gasteiger partial charge >= 0.3 is 0 Å². The minimum Gasteiger partial charge on any atom is -0.324 e. The van der Waals surface area contributed by atoms with Gasteiger partial charge in [0.25, 0.3) is 0 Å². The topological polar surface area (TPSA) is 26.0 Å². The summed E-state index contributed by atoms with van der Waals surface area (Å²) in [5.74, 6) is 0. The molecule has 0 aliphatic heterocycles. The molecule has 3 heteroatoms. The zero-order valence-electron chi connectivity index (χ0n) is 8.41. The van der Waals surface area contributed by atoms with Crippen molar-refractivity contribution in [2.75, 3.05) is 0 Å². The van der Waals surface area contributed by atoms with Gasteiger partial charge in [-0.25, -0.2) is 0 Å². The van der Waals surface area contributed by atoms with E-state index in [1.54, 1.807) is 11.3 Å². The van der Waals surface area contributed by atoms with Crippen LogP contribution in [0.3, 0.4) is 0 Å². The maximum absolute atomic E-state index is 6.09. The molecule has 0 saturated heterocycles. The Bertz CT molecular complexity index is 462. The number of hydrogen-bond acceptors (Lipinski definition) is 2. The van der Waals surface area contributed by atoms with Gasteiger partial charge in [0.1, 0.15) is 0 Å². The summed E-state index contributed by atoms with van der Waals surface area (Å²) in [5.41, 5.74) is 8.12. The highest BCUT2D eigenvalue weighted by Gasteiger charge is 2.06. The van der Waals surface area contributed by atoms with E-state index in [-0.39, 0.29) is 6.04 Å². The lowest BCUT2D eigenvalue weighted by Crippen LogP contribution is -2.04. The van der Waals surface area contributed by atoms with Gasteiger partial charge in [-0.15, -0.1) is 11.3 Å². The molecule has 0 fully saturated rings. The SMILES string of the molecule is CC(N)c1cccc(-c2sccc2Cl)c1. The lowest BCUT2D eigenvalue weighted by molar-refractivity contribution is 0.819. The van der Waals surface area contributed by atoms with Crippen LogP contribution in [-0.4, -0.2) is 0 Å². The number of thiophene rings is 1. The van der Waals surface area contributed by atoms with Gasteiger partial charge in [-0.3, -0.25) is 0 Å². The third kappa shape index (κ3) is 2.23. The molecule has 1 aromatic heterocycles. The number of hydrogen-bond donors (Lipinski definition) is 1. The van der Waals surface area contributed by atoms with Gasteiger partial charge in [0.2, 0.25) is 0 Å². The van der Waals surface area contributed by atoms with Gasteiger partial charge in [0.05, 0.1) is 9.90 Å². The van der Waals surface area contributed by atoms with Crippen LogP contribution in [0, 0.1) is 0 Å². The Morgan fingerprint density at radius 2 is 2.13 bits per heavy atom. The molecule has 0 bridgehead atoms. The van der Waals surface area contributed by atoms with E-state index in [1.807, 2.05) is 30.5 Å². The number of benzene rings is 1. The van der Waals surface area contributed by atoms with E-state index < -0.39 is 0 Å². The molecule has 2 rings (SSSR count). The maximum atomic E-state index is 6.09. The van der Waals surface area contributed by atoms with E-state index in [1.165, 1.54) is 0 Å². The van der Waals surface area contributed by atoms with Gasteiger partial charge in [-0.1, -0.05) is 29.8 Å². The summed E-state index contributed by atoms with van der Waals surface area (Å²) >= 11 is 7.74. The fourth-order valence-corrected chi connectivity index (χ4v) is 2.63. The summed E-state index contributed by atoms with van der Waals surface area (Å²) in [6, 6.07) is 10.2. The monoisotopic (exact) mass is 237 g/mol. The van der Waals surface area contributed by atoms with Gasteiger partial charge in [0, 0.05) is 6.04 Å². The summed E-state index contributed by atoms with van der Waals surface area (Å²) in [5, 5.41) is 2.80. The highest BCUT2D eigenvalue weighted by Crippen LogP contribution is 2.33. The molecule has 0 amide bonds. The molecule has 1 heterocycles. The number of rotatable bonds is 2. The molecule has 78 valence electrons. The summed E-state index contributed by atoms with van der Waals surface area (Å²) in [6.45, 7) is 1.98. The molecule has 1 unspecified atom stereocenters. The van der Waals surface area contributed by atoms with Crippen molar-refractivity contribution in [1.82, 2.24) is 0 Å². The predicted octanol–water partition coefficient (Wildman–Crippen LogP) is 4.09. The second-order valence-corrected chi connectivity index (χ2v) is 4.84. The van der Waals surface area contributed by atoms with Crippen LogP contribution in [0.5, 0.6) is 0 Å².